The van der Waals surface area contributed by atoms with E-state index >= 15 is 0 Å². The lowest BCUT2D eigenvalue weighted by atomic mass is 9.98. The van der Waals surface area contributed by atoms with Crippen LogP contribution in [0.1, 0.15) is 40.6 Å². The van der Waals surface area contributed by atoms with Crippen LogP contribution in [-0.2, 0) is 17.6 Å². The normalized spacial score (nSPS) is 26.1. The van der Waals surface area contributed by atoms with Crippen molar-refractivity contribution in [2.45, 2.75) is 38.1 Å². The Hall–Kier alpha value is -0.380. The highest BCUT2D eigenvalue weighted by Crippen LogP contribution is 2.34. The van der Waals surface area contributed by atoms with Gasteiger partial charge in [-0.1, -0.05) is 0 Å². The van der Waals surface area contributed by atoms with Crippen molar-refractivity contribution < 1.29 is 4.74 Å². The molecule has 16 heavy (non-hydrogen) atoms. The molecule has 1 fully saturated rings. The first-order chi connectivity index (χ1) is 7.93. The first-order valence-corrected chi connectivity index (χ1v) is 7.18. The van der Waals surface area contributed by atoms with Gasteiger partial charge in [-0.25, -0.2) is 0 Å². The standard InChI is InChI=1S/C13H19NOS/c1-2-4-12-10(3-1)9-13(16-12)11-5-7-15-8-6-14-11/h9,11,14H,1-8H2. The molecule has 1 aliphatic carbocycles. The van der Waals surface area contributed by atoms with Crippen LogP contribution in [-0.4, -0.2) is 19.8 Å². The quantitative estimate of drug-likeness (QED) is 0.811. The number of thiophene rings is 1. The summed E-state index contributed by atoms with van der Waals surface area (Å²) >= 11 is 2.03. The minimum atomic E-state index is 0.540. The summed E-state index contributed by atoms with van der Waals surface area (Å²) in [4.78, 5) is 3.19. The second-order valence-electron chi connectivity index (χ2n) is 4.71. The molecule has 1 saturated heterocycles. The highest BCUT2D eigenvalue weighted by Gasteiger charge is 2.19. The van der Waals surface area contributed by atoms with Gasteiger partial charge in [0, 0.05) is 28.9 Å². The Morgan fingerprint density at radius 1 is 1.25 bits per heavy atom. The van der Waals surface area contributed by atoms with Crippen molar-refractivity contribution in [3.05, 3.63) is 21.4 Å². The SMILES string of the molecule is c1c(C2CCOCCN2)sc2c1CCCC2. The fourth-order valence-corrected chi connectivity index (χ4v) is 4.01. The van der Waals surface area contributed by atoms with Crippen LogP contribution in [0.2, 0.25) is 0 Å². The Balaban J connectivity index is 1.79. The topological polar surface area (TPSA) is 21.3 Å². The molecule has 0 spiro atoms. The Labute approximate surface area is 101 Å². The average molecular weight is 237 g/mol. The number of hydrogen-bond acceptors (Lipinski definition) is 3. The van der Waals surface area contributed by atoms with E-state index in [4.69, 9.17) is 4.74 Å². The molecule has 1 atom stereocenters. The average Bonchev–Trinajstić information content (AvgIpc) is 2.56. The minimum absolute atomic E-state index is 0.540. The van der Waals surface area contributed by atoms with E-state index in [9.17, 15) is 0 Å². The van der Waals surface area contributed by atoms with E-state index in [-0.39, 0.29) is 0 Å². The Morgan fingerprint density at radius 2 is 2.19 bits per heavy atom. The molecule has 3 heteroatoms. The fraction of sp³-hybridized carbons (Fsp3) is 0.692. The van der Waals surface area contributed by atoms with Gasteiger partial charge in [0.15, 0.2) is 0 Å². The van der Waals surface area contributed by atoms with Crippen LogP contribution in [0.15, 0.2) is 6.07 Å². The molecule has 0 aromatic carbocycles. The zero-order chi connectivity index (χ0) is 10.8. The van der Waals surface area contributed by atoms with Crippen LogP contribution < -0.4 is 5.32 Å². The van der Waals surface area contributed by atoms with E-state index in [0.29, 0.717) is 6.04 Å². The van der Waals surface area contributed by atoms with Crippen molar-refractivity contribution >= 4 is 11.3 Å². The highest BCUT2D eigenvalue weighted by atomic mass is 32.1. The van der Waals surface area contributed by atoms with Crippen molar-refractivity contribution in [2.75, 3.05) is 19.8 Å². The molecule has 0 bridgehead atoms. The van der Waals surface area contributed by atoms with Crippen LogP contribution in [0.5, 0.6) is 0 Å². The van der Waals surface area contributed by atoms with Crippen LogP contribution in [0, 0.1) is 0 Å². The summed E-state index contributed by atoms with van der Waals surface area (Å²) in [5.74, 6) is 0. The molecule has 0 radical (unpaired) electrons. The summed E-state index contributed by atoms with van der Waals surface area (Å²) in [7, 11) is 0. The molecule has 1 aliphatic heterocycles. The number of ether oxygens (including phenoxy) is 1. The van der Waals surface area contributed by atoms with Crippen molar-refractivity contribution in [2.24, 2.45) is 0 Å². The largest absolute Gasteiger partial charge is 0.380 e. The summed E-state index contributed by atoms with van der Waals surface area (Å²) < 4.78 is 5.49. The van der Waals surface area contributed by atoms with Crippen molar-refractivity contribution in [3.8, 4) is 0 Å². The lowest BCUT2D eigenvalue weighted by Gasteiger charge is -2.12. The lowest BCUT2D eigenvalue weighted by Crippen LogP contribution is -2.21. The lowest BCUT2D eigenvalue weighted by molar-refractivity contribution is 0.150. The molecular weight excluding hydrogens is 218 g/mol. The van der Waals surface area contributed by atoms with E-state index in [1.54, 1.807) is 10.4 Å². The third kappa shape index (κ3) is 2.17. The third-order valence-corrected chi connectivity index (χ3v) is 4.90. The van der Waals surface area contributed by atoms with E-state index < -0.39 is 0 Å². The van der Waals surface area contributed by atoms with Crippen LogP contribution in [0.25, 0.3) is 0 Å². The maximum absolute atomic E-state index is 5.49. The van der Waals surface area contributed by atoms with E-state index in [2.05, 4.69) is 11.4 Å². The maximum Gasteiger partial charge on any atom is 0.0591 e. The van der Waals surface area contributed by atoms with E-state index in [1.165, 1.54) is 30.6 Å². The van der Waals surface area contributed by atoms with Crippen molar-refractivity contribution in [1.82, 2.24) is 5.32 Å². The molecular formula is C13H19NOS. The molecule has 2 nitrogen and oxygen atoms in total. The zero-order valence-corrected chi connectivity index (χ0v) is 10.4. The van der Waals surface area contributed by atoms with Crippen molar-refractivity contribution in [3.63, 3.8) is 0 Å². The van der Waals surface area contributed by atoms with Crippen LogP contribution in [0.3, 0.4) is 0 Å². The highest BCUT2D eigenvalue weighted by molar-refractivity contribution is 7.12. The van der Waals surface area contributed by atoms with Gasteiger partial charge >= 0.3 is 0 Å². The second kappa shape index (κ2) is 4.86. The minimum Gasteiger partial charge on any atom is -0.380 e. The molecule has 0 saturated carbocycles. The number of rotatable bonds is 1. The molecule has 0 amide bonds. The summed E-state index contributed by atoms with van der Waals surface area (Å²) in [5, 5.41) is 3.59. The summed E-state index contributed by atoms with van der Waals surface area (Å²) in [6.45, 7) is 2.76. The van der Waals surface area contributed by atoms with Gasteiger partial charge in [-0.05, 0) is 43.7 Å². The number of fused-ring (bicyclic) bond motifs is 1. The first-order valence-electron chi connectivity index (χ1n) is 6.36. The molecule has 1 aromatic heterocycles. The Morgan fingerprint density at radius 3 is 3.12 bits per heavy atom. The zero-order valence-electron chi connectivity index (χ0n) is 9.63. The van der Waals surface area contributed by atoms with Gasteiger partial charge in [0.1, 0.15) is 0 Å². The Bertz CT molecular complexity index is 329. The number of hydrogen-bond donors (Lipinski definition) is 1. The Kier molecular flexibility index (Phi) is 3.27. The van der Waals surface area contributed by atoms with E-state index in [1.807, 2.05) is 11.3 Å². The maximum atomic E-state index is 5.49. The van der Waals surface area contributed by atoms with Gasteiger partial charge in [-0.2, -0.15) is 0 Å². The predicted molar refractivity (Wildman–Crippen MR) is 67.1 cm³/mol. The monoisotopic (exact) mass is 237 g/mol. The third-order valence-electron chi connectivity index (χ3n) is 3.55. The van der Waals surface area contributed by atoms with Gasteiger partial charge < -0.3 is 10.1 Å². The van der Waals surface area contributed by atoms with Crippen molar-refractivity contribution in [1.29, 1.82) is 0 Å². The van der Waals surface area contributed by atoms with Gasteiger partial charge in [0.25, 0.3) is 0 Å². The summed E-state index contributed by atoms with van der Waals surface area (Å²) in [6.07, 6.45) is 6.50. The van der Waals surface area contributed by atoms with E-state index in [0.717, 1.165) is 26.2 Å². The molecule has 88 valence electrons. The first kappa shape index (κ1) is 10.8. The number of nitrogens with one attached hydrogen (secondary N) is 1. The molecule has 3 rings (SSSR count). The van der Waals surface area contributed by atoms with Gasteiger partial charge in [0.05, 0.1) is 6.61 Å². The fourth-order valence-electron chi connectivity index (χ4n) is 2.64. The van der Waals surface area contributed by atoms with Crippen LogP contribution >= 0.6 is 11.3 Å². The molecule has 1 aromatic rings. The van der Waals surface area contributed by atoms with Gasteiger partial charge in [0.2, 0.25) is 0 Å². The second-order valence-corrected chi connectivity index (χ2v) is 5.88. The van der Waals surface area contributed by atoms with Gasteiger partial charge in [-0.3, -0.25) is 0 Å². The predicted octanol–water partition coefficient (Wildman–Crippen LogP) is 2.68. The smallest absolute Gasteiger partial charge is 0.0591 e. The molecule has 2 heterocycles. The number of aryl methyl sites for hydroxylation is 2. The van der Waals surface area contributed by atoms with Crippen LogP contribution in [0.4, 0.5) is 0 Å². The molecule has 1 unspecified atom stereocenters. The summed E-state index contributed by atoms with van der Waals surface area (Å²) in [5.41, 5.74) is 1.62. The van der Waals surface area contributed by atoms with Gasteiger partial charge in [-0.15, -0.1) is 11.3 Å². The summed E-state index contributed by atoms with van der Waals surface area (Å²) in [6, 6.07) is 2.99. The molecule has 2 aliphatic rings. The molecule has 1 N–H and O–H groups in total.